The zero-order valence-corrected chi connectivity index (χ0v) is 14.0. The molecule has 3 N–H and O–H groups in total. The Hall–Kier alpha value is -1.80. The highest BCUT2D eigenvalue weighted by atomic mass is 19.4. The topological polar surface area (TPSA) is 75.8 Å². The summed E-state index contributed by atoms with van der Waals surface area (Å²) in [5, 5.41) is 10.0. The molecule has 1 aliphatic rings. The van der Waals surface area contributed by atoms with Gasteiger partial charge in [0.15, 0.2) is 0 Å². The molecular weight excluding hydrogens is 337 g/mol. The zero-order valence-electron chi connectivity index (χ0n) is 14.0. The molecule has 0 spiro atoms. The molecule has 0 heterocycles. The molecule has 1 amide bonds. The number of carbonyl (C=O) groups is 1. The maximum absolute atomic E-state index is 12.9. The van der Waals surface area contributed by atoms with Gasteiger partial charge >= 0.3 is 6.18 Å². The molecule has 3 unspecified atom stereocenters. The number of hydrogen-bond acceptors (Lipinski definition) is 4. The van der Waals surface area contributed by atoms with Crippen LogP contribution in [0.5, 0.6) is 5.75 Å². The molecular formula is C17H23F3N2O3. The quantitative estimate of drug-likeness (QED) is 0.814. The third-order valence-electron chi connectivity index (χ3n) is 4.37. The van der Waals surface area contributed by atoms with E-state index in [-0.39, 0.29) is 36.8 Å². The van der Waals surface area contributed by atoms with Gasteiger partial charge in [0.25, 0.3) is 0 Å². The normalized spacial score (nSPS) is 21.8. The Bertz CT molecular complexity index is 595. The number of aliphatic hydroxyl groups excluding tert-OH is 1. The van der Waals surface area contributed by atoms with Gasteiger partial charge in [-0.15, -0.1) is 0 Å². The van der Waals surface area contributed by atoms with Crippen LogP contribution >= 0.6 is 0 Å². The first-order valence-corrected chi connectivity index (χ1v) is 8.17. The largest absolute Gasteiger partial charge is 0.490 e. The first-order chi connectivity index (χ1) is 11.7. The summed E-state index contributed by atoms with van der Waals surface area (Å²) < 4.78 is 43.8. The summed E-state index contributed by atoms with van der Waals surface area (Å²) in [5.41, 5.74) is 5.00. The van der Waals surface area contributed by atoms with Gasteiger partial charge in [0.05, 0.1) is 11.5 Å². The SMILES string of the molecule is CN(CC(O)COc1ccccc1C(F)(F)F)C(=O)C1CCCC1N. The molecule has 8 heteroatoms. The van der Waals surface area contributed by atoms with Gasteiger partial charge < -0.3 is 20.5 Å². The van der Waals surface area contributed by atoms with Crippen LogP contribution in [0, 0.1) is 5.92 Å². The number of nitrogens with two attached hydrogens (primary N) is 1. The third-order valence-corrected chi connectivity index (χ3v) is 4.37. The number of ether oxygens (including phenoxy) is 1. The van der Waals surface area contributed by atoms with Gasteiger partial charge in [-0.1, -0.05) is 18.6 Å². The number of para-hydroxylation sites is 1. The number of nitrogens with zero attached hydrogens (tertiary/aromatic N) is 1. The number of aliphatic hydroxyl groups is 1. The molecule has 1 aromatic rings. The lowest BCUT2D eigenvalue weighted by Gasteiger charge is -2.25. The molecule has 25 heavy (non-hydrogen) atoms. The van der Waals surface area contributed by atoms with E-state index in [1.165, 1.54) is 23.1 Å². The average Bonchev–Trinajstić information content (AvgIpc) is 2.97. The average molecular weight is 360 g/mol. The van der Waals surface area contributed by atoms with Crippen LogP contribution in [0.1, 0.15) is 24.8 Å². The van der Waals surface area contributed by atoms with Crippen LogP contribution < -0.4 is 10.5 Å². The van der Waals surface area contributed by atoms with Crippen LogP contribution in [0.25, 0.3) is 0 Å². The lowest BCUT2D eigenvalue weighted by molar-refractivity contribution is -0.139. The van der Waals surface area contributed by atoms with E-state index < -0.39 is 17.8 Å². The maximum atomic E-state index is 12.9. The summed E-state index contributed by atoms with van der Waals surface area (Å²) in [6.07, 6.45) is -3.23. The van der Waals surface area contributed by atoms with Gasteiger partial charge in [-0.05, 0) is 25.0 Å². The van der Waals surface area contributed by atoms with E-state index in [0.29, 0.717) is 0 Å². The predicted octanol–water partition coefficient (Wildman–Crippen LogP) is 2.03. The number of halogens is 3. The van der Waals surface area contributed by atoms with Crippen LogP contribution in [0.2, 0.25) is 0 Å². The summed E-state index contributed by atoms with van der Waals surface area (Å²) in [4.78, 5) is 13.7. The van der Waals surface area contributed by atoms with E-state index in [9.17, 15) is 23.1 Å². The van der Waals surface area contributed by atoms with E-state index in [4.69, 9.17) is 10.5 Å². The number of likely N-dealkylation sites (N-methyl/N-ethyl adjacent to an activating group) is 1. The Morgan fingerprint density at radius 2 is 2.08 bits per heavy atom. The lowest BCUT2D eigenvalue weighted by atomic mass is 10.0. The van der Waals surface area contributed by atoms with Crippen molar-refractivity contribution in [2.75, 3.05) is 20.2 Å². The Balaban J connectivity index is 1.89. The van der Waals surface area contributed by atoms with E-state index in [1.54, 1.807) is 7.05 Å². The van der Waals surface area contributed by atoms with Crippen molar-refractivity contribution in [3.05, 3.63) is 29.8 Å². The zero-order chi connectivity index (χ0) is 18.6. The smallest absolute Gasteiger partial charge is 0.419 e. The van der Waals surface area contributed by atoms with Gasteiger partial charge in [0, 0.05) is 19.6 Å². The van der Waals surface area contributed by atoms with Crippen molar-refractivity contribution < 1.29 is 27.8 Å². The molecule has 0 aliphatic heterocycles. The minimum Gasteiger partial charge on any atom is -0.490 e. The predicted molar refractivity (Wildman–Crippen MR) is 85.9 cm³/mol. The molecule has 0 saturated heterocycles. The second-order valence-electron chi connectivity index (χ2n) is 6.38. The number of alkyl halides is 3. The van der Waals surface area contributed by atoms with E-state index in [2.05, 4.69) is 0 Å². The van der Waals surface area contributed by atoms with E-state index >= 15 is 0 Å². The van der Waals surface area contributed by atoms with E-state index in [0.717, 1.165) is 25.3 Å². The van der Waals surface area contributed by atoms with Crippen molar-refractivity contribution in [1.82, 2.24) is 4.90 Å². The Kier molecular flexibility index (Phi) is 6.29. The fourth-order valence-electron chi connectivity index (χ4n) is 3.05. The third kappa shape index (κ3) is 5.09. The molecule has 3 atom stereocenters. The molecule has 0 aromatic heterocycles. The molecule has 1 saturated carbocycles. The number of carbonyl (C=O) groups excluding carboxylic acids is 1. The number of benzene rings is 1. The van der Waals surface area contributed by atoms with Crippen LogP contribution in [-0.2, 0) is 11.0 Å². The minimum atomic E-state index is -4.53. The number of rotatable bonds is 6. The molecule has 0 bridgehead atoms. The molecule has 1 aromatic carbocycles. The molecule has 1 fully saturated rings. The first-order valence-electron chi connectivity index (χ1n) is 8.17. The number of amides is 1. The molecule has 5 nitrogen and oxygen atoms in total. The van der Waals surface area contributed by atoms with Crippen LogP contribution in [0.4, 0.5) is 13.2 Å². The first kappa shape index (κ1) is 19.5. The molecule has 0 radical (unpaired) electrons. The minimum absolute atomic E-state index is 0.0315. The van der Waals surface area contributed by atoms with Gasteiger partial charge in [-0.3, -0.25) is 4.79 Å². The van der Waals surface area contributed by atoms with Gasteiger partial charge in [-0.2, -0.15) is 13.2 Å². The highest BCUT2D eigenvalue weighted by molar-refractivity contribution is 5.79. The highest BCUT2D eigenvalue weighted by Crippen LogP contribution is 2.35. The summed E-state index contributed by atoms with van der Waals surface area (Å²) in [7, 11) is 1.54. The maximum Gasteiger partial charge on any atom is 0.419 e. The Labute approximate surface area is 144 Å². The molecule has 1 aliphatic carbocycles. The van der Waals surface area contributed by atoms with Gasteiger partial charge in [-0.25, -0.2) is 0 Å². The lowest BCUT2D eigenvalue weighted by Crippen LogP contribution is -2.43. The fourth-order valence-corrected chi connectivity index (χ4v) is 3.05. The van der Waals surface area contributed by atoms with Crippen LogP contribution in [-0.4, -0.2) is 48.3 Å². The van der Waals surface area contributed by atoms with Crippen LogP contribution in [0.3, 0.4) is 0 Å². The van der Waals surface area contributed by atoms with Crippen molar-refractivity contribution in [2.45, 2.75) is 37.6 Å². The molecule has 140 valence electrons. The highest BCUT2D eigenvalue weighted by Gasteiger charge is 2.35. The monoisotopic (exact) mass is 360 g/mol. The van der Waals surface area contributed by atoms with Gasteiger partial charge in [0.2, 0.25) is 5.91 Å². The molecule has 2 rings (SSSR count). The van der Waals surface area contributed by atoms with Crippen molar-refractivity contribution in [2.24, 2.45) is 11.7 Å². The van der Waals surface area contributed by atoms with Gasteiger partial charge in [0.1, 0.15) is 18.5 Å². The summed E-state index contributed by atoms with van der Waals surface area (Å²) in [6, 6.07) is 4.63. The van der Waals surface area contributed by atoms with E-state index in [1.807, 2.05) is 0 Å². The van der Waals surface area contributed by atoms with Crippen molar-refractivity contribution >= 4 is 5.91 Å². The summed E-state index contributed by atoms with van der Waals surface area (Å²) in [6.45, 7) is -0.377. The van der Waals surface area contributed by atoms with Crippen molar-refractivity contribution in [3.8, 4) is 5.75 Å². The van der Waals surface area contributed by atoms with Crippen molar-refractivity contribution in [3.63, 3.8) is 0 Å². The summed E-state index contributed by atoms with van der Waals surface area (Å²) >= 11 is 0. The Morgan fingerprint density at radius 3 is 2.68 bits per heavy atom. The second-order valence-corrected chi connectivity index (χ2v) is 6.38. The Morgan fingerprint density at radius 1 is 1.40 bits per heavy atom. The van der Waals surface area contributed by atoms with Crippen molar-refractivity contribution in [1.29, 1.82) is 0 Å². The van der Waals surface area contributed by atoms with Crippen LogP contribution in [0.15, 0.2) is 24.3 Å². The number of hydrogen-bond donors (Lipinski definition) is 2. The fraction of sp³-hybridized carbons (Fsp3) is 0.588. The standard InChI is InChI=1S/C17H23F3N2O3/c1-22(16(24)12-5-4-7-14(12)21)9-11(23)10-25-15-8-3-2-6-13(15)17(18,19)20/h2-3,6,8,11-12,14,23H,4-5,7,9-10,21H2,1H3. The second kappa shape index (κ2) is 8.05. The summed E-state index contributed by atoms with van der Waals surface area (Å²) in [5.74, 6) is -0.760.